The van der Waals surface area contributed by atoms with Gasteiger partial charge in [-0.1, -0.05) is 0 Å². The number of rotatable bonds is 1. The normalized spacial score (nSPS) is 24.7. The Morgan fingerprint density at radius 1 is 1.78 bits per heavy atom. The van der Waals surface area contributed by atoms with Gasteiger partial charge in [0, 0.05) is 7.05 Å². The third kappa shape index (κ3) is 1.23. The SMILES string of the molecule is CNC1=CC=CNC1O. The average Bonchev–Trinajstić information content (AvgIpc) is 1.89. The number of likely N-dealkylation sites (N-methyl/N-ethyl adjacent to an activating group) is 1. The molecule has 1 aliphatic rings. The van der Waals surface area contributed by atoms with E-state index in [4.69, 9.17) is 5.11 Å². The molecular formula is C6H10N2O. The van der Waals surface area contributed by atoms with Crippen LogP contribution in [0.3, 0.4) is 0 Å². The second-order valence-electron chi connectivity index (χ2n) is 1.80. The third-order valence-electron chi connectivity index (χ3n) is 1.21. The summed E-state index contributed by atoms with van der Waals surface area (Å²) in [5.74, 6) is 0. The van der Waals surface area contributed by atoms with Crippen LogP contribution in [0.4, 0.5) is 0 Å². The van der Waals surface area contributed by atoms with Gasteiger partial charge in [-0.05, 0) is 18.4 Å². The highest BCUT2D eigenvalue weighted by Crippen LogP contribution is 1.98. The second-order valence-corrected chi connectivity index (χ2v) is 1.80. The highest BCUT2D eigenvalue weighted by molar-refractivity contribution is 5.18. The summed E-state index contributed by atoms with van der Waals surface area (Å²) in [6.45, 7) is 0. The summed E-state index contributed by atoms with van der Waals surface area (Å²) in [4.78, 5) is 0. The summed E-state index contributed by atoms with van der Waals surface area (Å²) in [6.07, 6.45) is 4.78. The van der Waals surface area contributed by atoms with Gasteiger partial charge < -0.3 is 15.7 Å². The molecule has 0 saturated heterocycles. The number of hydrogen-bond acceptors (Lipinski definition) is 3. The standard InChI is InChI=1S/C6H10N2O/c1-7-5-3-2-4-8-6(5)9/h2-4,6-9H,1H3. The van der Waals surface area contributed by atoms with E-state index in [2.05, 4.69) is 10.6 Å². The van der Waals surface area contributed by atoms with E-state index in [0.717, 1.165) is 5.70 Å². The van der Waals surface area contributed by atoms with Crippen molar-refractivity contribution in [2.24, 2.45) is 0 Å². The summed E-state index contributed by atoms with van der Waals surface area (Å²) < 4.78 is 0. The minimum absolute atomic E-state index is 0.569. The lowest BCUT2D eigenvalue weighted by atomic mass is 10.3. The molecule has 0 bridgehead atoms. The molecule has 1 atom stereocenters. The molecule has 0 aromatic carbocycles. The Morgan fingerprint density at radius 3 is 3.00 bits per heavy atom. The Labute approximate surface area is 54.1 Å². The quantitative estimate of drug-likeness (QED) is 0.445. The summed E-state index contributed by atoms with van der Waals surface area (Å²) in [5, 5.41) is 14.7. The van der Waals surface area contributed by atoms with Crippen molar-refractivity contribution in [2.45, 2.75) is 6.23 Å². The van der Waals surface area contributed by atoms with E-state index in [-0.39, 0.29) is 0 Å². The molecular weight excluding hydrogens is 116 g/mol. The van der Waals surface area contributed by atoms with Gasteiger partial charge in [0.1, 0.15) is 0 Å². The highest BCUT2D eigenvalue weighted by atomic mass is 16.3. The van der Waals surface area contributed by atoms with Crippen LogP contribution in [0.2, 0.25) is 0 Å². The molecule has 0 fully saturated rings. The van der Waals surface area contributed by atoms with E-state index in [0.29, 0.717) is 0 Å². The van der Waals surface area contributed by atoms with Crippen LogP contribution in [-0.2, 0) is 0 Å². The van der Waals surface area contributed by atoms with Crippen molar-refractivity contribution in [1.29, 1.82) is 0 Å². The first-order valence-electron chi connectivity index (χ1n) is 2.83. The van der Waals surface area contributed by atoms with Crippen molar-refractivity contribution >= 4 is 0 Å². The number of dihydropyridines is 1. The van der Waals surface area contributed by atoms with Gasteiger partial charge in [0.15, 0.2) is 6.23 Å². The molecule has 1 heterocycles. The van der Waals surface area contributed by atoms with Crippen LogP contribution in [-0.4, -0.2) is 18.4 Å². The fraction of sp³-hybridized carbons (Fsp3) is 0.333. The first-order chi connectivity index (χ1) is 4.34. The first kappa shape index (κ1) is 6.16. The van der Waals surface area contributed by atoms with Crippen LogP contribution in [0.5, 0.6) is 0 Å². The lowest BCUT2D eigenvalue weighted by molar-refractivity contribution is 0.181. The molecule has 0 saturated carbocycles. The Bertz CT molecular complexity index is 151. The van der Waals surface area contributed by atoms with Crippen molar-refractivity contribution in [2.75, 3.05) is 7.05 Å². The molecule has 0 aromatic rings. The largest absolute Gasteiger partial charge is 0.388 e. The van der Waals surface area contributed by atoms with Crippen LogP contribution >= 0.6 is 0 Å². The van der Waals surface area contributed by atoms with E-state index in [1.807, 2.05) is 12.2 Å². The summed E-state index contributed by atoms with van der Waals surface area (Å²) in [7, 11) is 1.77. The molecule has 3 N–H and O–H groups in total. The maximum absolute atomic E-state index is 9.08. The fourth-order valence-corrected chi connectivity index (χ4v) is 0.699. The molecule has 50 valence electrons. The Kier molecular flexibility index (Phi) is 1.75. The van der Waals surface area contributed by atoms with Gasteiger partial charge in [-0.15, -0.1) is 0 Å². The molecule has 0 radical (unpaired) electrons. The first-order valence-corrected chi connectivity index (χ1v) is 2.83. The second kappa shape index (κ2) is 2.55. The summed E-state index contributed by atoms with van der Waals surface area (Å²) in [5.41, 5.74) is 0.789. The third-order valence-corrected chi connectivity index (χ3v) is 1.21. The number of nitrogens with one attached hydrogen (secondary N) is 2. The van der Waals surface area contributed by atoms with Crippen LogP contribution in [0.25, 0.3) is 0 Å². The van der Waals surface area contributed by atoms with Gasteiger partial charge in [-0.25, -0.2) is 0 Å². The van der Waals surface area contributed by atoms with Crippen LogP contribution < -0.4 is 10.6 Å². The lowest BCUT2D eigenvalue weighted by Gasteiger charge is -2.16. The van der Waals surface area contributed by atoms with Crippen molar-refractivity contribution in [1.82, 2.24) is 10.6 Å². The summed E-state index contributed by atoms with van der Waals surface area (Å²) in [6, 6.07) is 0. The number of aliphatic hydroxyl groups excluding tert-OH is 1. The van der Waals surface area contributed by atoms with Crippen molar-refractivity contribution in [3.63, 3.8) is 0 Å². The zero-order valence-electron chi connectivity index (χ0n) is 5.26. The van der Waals surface area contributed by atoms with E-state index in [1.54, 1.807) is 13.2 Å². The minimum atomic E-state index is -0.569. The number of aliphatic hydroxyl groups is 1. The number of hydrogen-bond donors (Lipinski definition) is 3. The molecule has 3 heteroatoms. The fourth-order valence-electron chi connectivity index (χ4n) is 0.699. The molecule has 3 nitrogen and oxygen atoms in total. The molecule has 9 heavy (non-hydrogen) atoms. The van der Waals surface area contributed by atoms with Crippen LogP contribution in [0, 0.1) is 0 Å². The van der Waals surface area contributed by atoms with E-state index >= 15 is 0 Å². The Hall–Kier alpha value is -0.960. The molecule has 0 spiro atoms. The molecule has 1 rings (SSSR count). The summed E-state index contributed by atoms with van der Waals surface area (Å²) >= 11 is 0. The maximum Gasteiger partial charge on any atom is 0.165 e. The van der Waals surface area contributed by atoms with E-state index in [9.17, 15) is 0 Å². The number of allylic oxidation sites excluding steroid dienone is 2. The molecule has 0 aliphatic carbocycles. The smallest absolute Gasteiger partial charge is 0.165 e. The van der Waals surface area contributed by atoms with Crippen molar-refractivity contribution < 1.29 is 5.11 Å². The van der Waals surface area contributed by atoms with E-state index in [1.165, 1.54) is 0 Å². The predicted octanol–water partition coefficient (Wildman–Crippen LogP) is -0.475. The van der Waals surface area contributed by atoms with Crippen LogP contribution in [0.15, 0.2) is 24.0 Å². The predicted molar refractivity (Wildman–Crippen MR) is 35.4 cm³/mol. The Morgan fingerprint density at radius 2 is 2.56 bits per heavy atom. The highest BCUT2D eigenvalue weighted by Gasteiger charge is 2.06. The van der Waals surface area contributed by atoms with Gasteiger partial charge in [0.25, 0.3) is 0 Å². The molecule has 1 aliphatic heterocycles. The van der Waals surface area contributed by atoms with Gasteiger partial charge in [0.2, 0.25) is 0 Å². The van der Waals surface area contributed by atoms with Crippen molar-refractivity contribution in [3.05, 3.63) is 24.0 Å². The zero-order chi connectivity index (χ0) is 6.69. The average molecular weight is 126 g/mol. The zero-order valence-corrected chi connectivity index (χ0v) is 5.26. The minimum Gasteiger partial charge on any atom is -0.388 e. The lowest BCUT2D eigenvalue weighted by Crippen LogP contribution is -2.33. The van der Waals surface area contributed by atoms with Gasteiger partial charge in [0.05, 0.1) is 5.70 Å². The van der Waals surface area contributed by atoms with Crippen LogP contribution in [0.1, 0.15) is 0 Å². The molecule has 1 unspecified atom stereocenters. The Balaban J connectivity index is 2.63. The topological polar surface area (TPSA) is 44.3 Å². The van der Waals surface area contributed by atoms with Gasteiger partial charge >= 0.3 is 0 Å². The molecule has 0 aromatic heterocycles. The monoisotopic (exact) mass is 126 g/mol. The van der Waals surface area contributed by atoms with Crippen molar-refractivity contribution in [3.8, 4) is 0 Å². The van der Waals surface area contributed by atoms with E-state index < -0.39 is 6.23 Å². The maximum atomic E-state index is 9.08. The van der Waals surface area contributed by atoms with Gasteiger partial charge in [-0.3, -0.25) is 0 Å². The van der Waals surface area contributed by atoms with Gasteiger partial charge in [-0.2, -0.15) is 0 Å². The molecule has 0 amide bonds.